The number of benzene rings is 1. The van der Waals surface area contributed by atoms with Gasteiger partial charge in [-0.25, -0.2) is 14.8 Å². The van der Waals surface area contributed by atoms with E-state index in [4.69, 9.17) is 4.42 Å². The highest BCUT2D eigenvalue weighted by molar-refractivity contribution is 7.12. The number of para-hydroxylation sites is 1. The first kappa shape index (κ1) is 15.3. The van der Waals surface area contributed by atoms with Crippen LogP contribution in [0.25, 0.3) is 22.5 Å². The van der Waals surface area contributed by atoms with Gasteiger partial charge >= 0.3 is 5.97 Å². The smallest absolute Gasteiger partial charge is 0.360 e. The predicted molar refractivity (Wildman–Crippen MR) is 90.7 cm³/mol. The maximum absolute atomic E-state index is 12.7. The van der Waals surface area contributed by atoms with Gasteiger partial charge in [-0.3, -0.25) is 4.79 Å². The molecule has 0 unspecified atom stereocenters. The first-order valence-corrected chi connectivity index (χ1v) is 8.16. The van der Waals surface area contributed by atoms with Crippen LogP contribution < -0.4 is 0 Å². The number of esters is 1. The van der Waals surface area contributed by atoms with E-state index < -0.39 is 5.97 Å². The highest BCUT2D eigenvalue weighted by Gasteiger charge is 2.20. The molecule has 7 nitrogen and oxygen atoms in total. The standard InChI is InChI=1S/C17H11N3O4S/c1-23-17(22)12-7-24-15(19-12)13-8-25-16(20-13)14(21)10-6-18-11-5-3-2-4-9(10)11/h2-8,18H,1H3. The SMILES string of the molecule is COC(=O)c1coc(-c2csc(C(=O)c3c[nH]c4ccccc34)n2)n1. The van der Waals surface area contributed by atoms with Crippen LogP contribution in [-0.4, -0.2) is 33.8 Å². The minimum Gasteiger partial charge on any atom is -0.464 e. The fraction of sp³-hybridized carbons (Fsp3) is 0.0588. The van der Waals surface area contributed by atoms with Gasteiger partial charge < -0.3 is 14.1 Å². The molecule has 0 fully saturated rings. The fourth-order valence-electron chi connectivity index (χ4n) is 2.44. The Balaban J connectivity index is 1.66. The van der Waals surface area contributed by atoms with E-state index in [-0.39, 0.29) is 17.4 Å². The fourth-order valence-corrected chi connectivity index (χ4v) is 3.19. The van der Waals surface area contributed by atoms with Crippen molar-refractivity contribution in [3.8, 4) is 11.6 Å². The number of carbonyl (C=O) groups is 2. The Morgan fingerprint density at radius 3 is 2.92 bits per heavy atom. The summed E-state index contributed by atoms with van der Waals surface area (Å²) < 4.78 is 9.82. The number of hydrogen-bond donors (Lipinski definition) is 1. The molecule has 3 heterocycles. The number of methoxy groups -OCH3 is 1. The highest BCUT2D eigenvalue weighted by atomic mass is 32.1. The summed E-state index contributed by atoms with van der Waals surface area (Å²) in [7, 11) is 1.26. The molecule has 8 heteroatoms. The molecule has 124 valence electrons. The number of fused-ring (bicyclic) bond motifs is 1. The van der Waals surface area contributed by atoms with Crippen LogP contribution in [0.3, 0.4) is 0 Å². The summed E-state index contributed by atoms with van der Waals surface area (Å²) in [6.45, 7) is 0. The van der Waals surface area contributed by atoms with E-state index in [1.54, 1.807) is 11.6 Å². The molecule has 0 aliphatic carbocycles. The van der Waals surface area contributed by atoms with Gasteiger partial charge in [-0.05, 0) is 6.07 Å². The molecule has 4 rings (SSSR count). The molecule has 25 heavy (non-hydrogen) atoms. The minimum atomic E-state index is -0.597. The highest BCUT2D eigenvalue weighted by Crippen LogP contribution is 2.26. The zero-order valence-electron chi connectivity index (χ0n) is 13.0. The Labute approximate surface area is 145 Å². The number of oxazole rings is 1. The van der Waals surface area contributed by atoms with Crippen molar-refractivity contribution in [3.05, 3.63) is 58.4 Å². The number of ether oxygens (including phenoxy) is 1. The summed E-state index contributed by atoms with van der Waals surface area (Å²) in [6, 6.07) is 7.56. The monoisotopic (exact) mass is 353 g/mol. The van der Waals surface area contributed by atoms with Crippen LogP contribution in [0.5, 0.6) is 0 Å². The second-order valence-electron chi connectivity index (χ2n) is 5.14. The van der Waals surface area contributed by atoms with Gasteiger partial charge in [0.25, 0.3) is 0 Å². The van der Waals surface area contributed by atoms with Crippen LogP contribution in [0.15, 0.2) is 46.5 Å². The van der Waals surface area contributed by atoms with E-state index in [2.05, 4.69) is 19.7 Å². The first-order chi connectivity index (χ1) is 12.2. The van der Waals surface area contributed by atoms with Gasteiger partial charge in [0.1, 0.15) is 12.0 Å². The second kappa shape index (κ2) is 5.99. The Morgan fingerprint density at radius 2 is 2.08 bits per heavy atom. The molecule has 1 aromatic carbocycles. The number of carbonyl (C=O) groups excluding carboxylic acids is 2. The van der Waals surface area contributed by atoms with Crippen molar-refractivity contribution in [2.45, 2.75) is 0 Å². The van der Waals surface area contributed by atoms with E-state index in [0.29, 0.717) is 16.3 Å². The Morgan fingerprint density at radius 1 is 1.24 bits per heavy atom. The van der Waals surface area contributed by atoms with E-state index in [1.807, 2.05) is 24.3 Å². The van der Waals surface area contributed by atoms with Gasteiger partial charge in [-0.1, -0.05) is 18.2 Å². The van der Waals surface area contributed by atoms with E-state index >= 15 is 0 Å². The van der Waals surface area contributed by atoms with Crippen LogP contribution in [0, 0.1) is 0 Å². The molecule has 0 spiro atoms. The predicted octanol–water partition coefficient (Wildman–Crippen LogP) is 3.30. The molecule has 0 saturated carbocycles. The lowest BCUT2D eigenvalue weighted by molar-refractivity contribution is 0.0594. The lowest BCUT2D eigenvalue weighted by atomic mass is 10.1. The number of hydrogen-bond acceptors (Lipinski definition) is 7. The van der Waals surface area contributed by atoms with Crippen molar-refractivity contribution >= 4 is 34.0 Å². The molecule has 0 aliphatic heterocycles. The van der Waals surface area contributed by atoms with E-state index in [0.717, 1.165) is 10.9 Å². The molecule has 4 aromatic rings. The Kier molecular flexibility index (Phi) is 3.66. The topological polar surface area (TPSA) is 98.1 Å². The normalized spacial score (nSPS) is 10.9. The van der Waals surface area contributed by atoms with Gasteiger partial charge in [-0.15, -0.1) is 11.3 Å². The molecule has 0 amide bonds. The third-order valence-corrected chi connectivity index (χ3v) is 4.49. The number of H-pyrrole nitrogens is 1. The maximum atomic E-state index is 12.7. The van der Waals surface area contributed by atoms with Crippen LogP contribution in [0.2, 0.25) is 0 Å². The quantitative estimate of drug-likeness (QED) is 0.446. The van der Waals surface area contributed by atoms with E-state index in [1.165, 1.54) is 24.7 Å². The average molecular weight is 353 g/mol. The molecule has 1 N–H and O–H groups in total. The molecule has 0 bridgehead atoms. The number of ketones is 1. The van der Waals surface area contributed by atoms with Gasteiger partial charge in [0, 0.05) is 22.5 Å². The van der Waals surface area contributed by atoms with Gasteiger partial charge in [0.2, 0.25) is 11.7 Å². The molecule has 3 aromatic heterocycles. The lowest BCUT2D eigenvalue weighted by Crippen LogP contribution is -2.01. The summed E-state index contributed by atoms with van der Waals surface area (Å²) in [5.41, 5.74) is 1.88. The van der Waals surface area contributed by atoms with Crippen molar-refractivity contribution < 1.29 is 18.7 Å². The van der Waals surface area contributed by atoms with Crippen molar-refractivity contribution in [1.82, 2.24) is 15.0 Å². The number of thiazole rings is 1. The summed E-state index contributed by atoms with van der Waals surface area (Å²) in [5, 5.41) is 2.82. The lowest BCUT2D eigenvalue weighted by Gasteiger charge is -1.94. The van der Waals surface area contributed by atoms with Gasteiger partial charge in [0.15, 0.2) is 10.7 Å². The van der Waals surface area contributed by atoms with Crippen LogP contribution in [0.4, 0.5) is 0 Å². The Hall–Kier alpha value is -3.26. The maximum Gasteiger partial charge on any atom is 0.360 e. The molecular weight excluding hydrogens is 342 g/mol. The summed E-state index contributed by atoms with van der Waals surface area (Å²) in [4.78, 5) is 35.5. The Bertz CT molecular complexity index is 1090. The molecular formula is C17H11N3O4S. The van der Waals surface area contributed by atoms with Crippen molar-refractivity contribution in [1.29, 1.82) is 0 Å². The number of aromatic amines is 1. The van der Waals surface area contributed by atoms with Crippen LogP contribution in [0.1, 0.15) is 25.9 Å². The van der Waals surface area contributed by atoms with E-state index in [9.17, 15) is 9.59 Å². The molecule has 0 atom stereocenters. The molecule has 0 saturated heterocycles. The number of rotatable bonds is 4. The van der Waals surface area contributed by atoms with Gasteiger partial charge in [0.05, 0.1) is 12.7 Å². The molecule has 0 aliphatic rings. The third kappa shape index (κ3) is 2.62. The number of nitrogens with zero attached hydrogens (tertiary/aromatic N) is 2. The number of nitrogens with one attached hydrogen (secondary N) is 1. The molecule has 0 radical (unpaired) electrons. The van der Waals surface area contributed by atoms with Crippen molar-refractivity contribution in [2.75, 3.05) is 7.11 Å². The summed E-state index contributed by atoms with van der Waals surface area (Å²) in [5.74, 6) is -0.622. The van der Waals surface area contributed by atoms with Crippen molar-refractivity contribution in [2.24, 2.45) is 0 Å². The van der Waals surface area contributed by atoms with Crippen LogP contribution >= 0.6 is 11.3 Å². The average Bonchev–Trinajstić information content (AvgIpc) is 3.38. The summed E-state index contributed by atoms with van der Waals surface area (Å²) >= 11 is 1.19. The minimum absolute atomic E-state index is 0.0509. The zero-order valence-corrected chi connectivity index (χ0v) is 13.8. The van der Waals surface area contributed by atoms with Crippen molar-refractivity contribution in [3.63, 3.8) is 0 Å². The van der Waals surface area contributed by atoms with Crippen LogP contribution in [-0.2, 0) is 4.74 Å². The van der Waals surface area contributed by atoms with Gasteiger partial charge in [-0.2, -0.15) is 0 Å². The summed E-state index contributed by atoms with van der Waals surface area (Å²) in [6.07, 6.45) is 2.87. The second-order valence-corrected chi connectivity index (χ2v) is 6.00. The number of aromatic nitrogens is 3. The third-order valence-electron chi connectivity index (χ3n) is 3.65. The zero-order chi connectivity index (χ0) is 17.4. The largest absolute Gasteiger partial charge is 0.464 e. The first-order valence-electron chi connectivity index (χ1n) is 7.28.